The van der Waals surface area contributed by atoms with Crippen LogP contribution in [0.15, 0.2) is 53.4 Å². The zero-order valence-electron chi connectivity index (χ0n) is 23.3. The quantitative estimate of drug-likeness (QED) is 0.170. The first kappa shape index (κ1) is 32.1. The van der Waals surface area contributed by atoms with E-state index in [0.29, 0.717) is 11.5 Å². The highest BCUT2D eigenvalue weighted by Crippen LogP contribution is 2.33. The third-order valence-corrected chi connectivity index (χ3v) is 9.75. The topological polar surface area (TPSA) is 95.0 Å². The van der Waals surface area contributed by atoms with E-state index in [1.54, 1.807) is 0 Å². The lowest BCUT2D eigenvalue weighted by Crippen LogP contribution is -2.48. The summed E-state index contributed by atoms with van der Waals surface area (Å²) in [6, 6.07) is 11.0. The number of carbonyl (C=O) groups excluding carboxylic acids is 1. The first-order valence-electron chi connectivity index (χ1n) is 13.5. The predicted octanol–water partition coefficient (Wildman–Crippen LogP) is 6.37. The predicted molar refractivity (Wildman–Crippen MR) is 148 cm³/mol. The van der Waals surface area contributed by atoms with E-state index in [-0.39, 0.29) is 22.1 Å². The summed E-state index contributed by atoms with van der Waals surface area (Å²) >= 11 is 0. The molecule has 0 radical (unpaired) electrons. The van der Waals surface area contributed by atoms with Gasteiger partial charge in [0.25, 0.3) is 0 Å². The molecule has 0 spiro atoms. The highest BCUT2D eigenvalue weighted by Gasteiger charge is 2.40. The number of aromatic carboxylic acids is 1. The van der Waals surface area contributed by atoms with Gasteiger partial charge in [0, 0.05) is 12.7 Å². The second-order valence-electron chi connectivity index (χ2n) is 10.4. The average Bonchev–Trinajstić information content (AvgIpc) is 3.01. The molecule has 1 aliphatic rings. The Balaban J connectivity index is 1.68. The molecule has 0 aromatic heterocycles. The summed E-state index contributed by atoms with van der Waals surface area (Å²) in [6.07, 6.45) is 5.61. The molecule has 13 heteroatoms. The fraction of sp³-hybridized carbons (Fsp3) is 0.333. The Morgan fingerprint density at radius 1 is 0.837 bits per heavy atom. The van der Waals surface area contributed by atoms with Gasteiger partial charge in [-0.2, -0.15) is 4.31 Å². The second kappa shape index (κ2) is 12.8. The van der Waals surface area contributed by atoms with Crippen molar-refractivity contribution in [2.45, 2.75) is 62.4 Å². The number of benzene rings is 3. The summed E-state index contributed by atoms with van der Waals surface area (Å²) in [5.74, 6) is -14.2. The standard InChI is InChI=1S/C30H29F5N2O5S/c1-17(36(2)43(41,42)28-26(34)24(32)23(31)25(33)27(28)35)29(38)37(22-14-12-21(13-15-22)30(39)40)16-18-8-10-20(11-9-18)19-6-4-3-5-7-19/h8-15,17,19H,3-7,16H2,1-2H3,(H,39,40)/t17-/m1/s1. The molecule has 1 amide bonds. The number of hydrogen-bond donors (Lipinski definition) is 1. The molecule has 1 fully saturated rings. The van der Waals surface area contributed by atoms with Crippen molar-refractivity contribution in [3.05, 3.63) is 94.3 Å². The Kier molecular flexibility index (Phi) is 9.55. The Morgan fingerprint density at radius 3 is 1.86 bits per heavy atom. The number of carboxylic acids is 1. The van der Waals surface area contributed by atoms with Crippen molar-refractivity contribution in [2.75, 3.05) is 11.9 Å². The van der Waals surface area contributed by atoms with Gasteiger partial charge in [0.2, 0.25) is 21.7 Å². The van der Waals surface area contributed by atoms with Crippen LogP contribution in [0.5, 0.6) is 0 Å². The van der Waals surface area contributed by atoms with Gasteiger partial charge in [-0.05, 0) is 61.1 Å². The third kappa shape index (κ3) is 6.42. The van der Waals surface area contributed by atoms with E-state index in [4.69, 9.17) is 0 Å². The van der Waals surface area contributed by atoms with Gasteiger partial charge < -0.3 is 10.0 Å². The van der Waals surface area contributed by atoms with Crippen LogP contribution in [0.4, 0.5) is 27.6 Å². The smallest absolute Gasteiger partial charge is 0.335 e. The molecule has 1 saturated carbocycles. The zero-order chi connectivity index (χ0) is 31.6. The fourth-order valence-electron chi connectivity index (χ4n) is 5.14. The summed E-state index contributed by atoms with van der Waals surface area (Å²) in [6.45, 7) is 0.994. The zero-order valence-corrected chi connectivity index (χ0v) is 24.1. The van der Waals surface area contributed by atoms with Crippen LogP contribution in [0.2, 0.25) is 0 Å². The largest absolute Gasteiger partial charge is 0.478 e. The monoisotopic (exact) mass is 624 g/mol. The van der Waals surface area contributed by atoms with E-state index in [9.17, 15) is 45.1 Å². The van der Waals surface area contributed by atoms with Gasteiger partial charge in [0.15, 0.2) is 28.2 Å². The molecule has 1 atom stereocenters. The number of likely N-dealkylation sites (N-methyl/N-ethyl adjacent to an activating group) is 1. The number of rotatable bonds is 9. The number of halogens is 5. The lowest BCUT2D eigenvalue weighted by atomic mass is 9.84. The Bertz CT molecular complexity index is 1600. The number of hydrogen-bond acceptors (Lipinski definition) is 4. The summed E-state index contributed by atoms with van der Waals surface area (Å²) in [5.41, 5.74) is 1.90. The number of carbonyl (C=O) groups is 2. The molecule has 230 valence electrons. The Morgan fingerprint density at radius 2 is 1.35 bits per heavy atom. The van der Waals surface area contributed by atoms with E-state index in [1.165, 1.54) is 30.7 Å². The van der Waals surface area contributed by atoms with Crippen LogP contribution in [0.1, 0.15) is 66.4 Å². The van der Waals surface area contributed by atoms with Crippen LogP contribution in [-0.4, -0.2) is 42.8 Å². The minimum Gasteiger partial charge on any atom is -0.478 e. The van der Waals surface area contributed by atoms with Crippen LogP contribution in [0, 0.1) is 29.1 Å². The molecule has 0 aliphatic heterocycles. The highest BCUT2D eigenvalue weighted by atomic mass is 32.2. The molecule has 4 rings (SSSR count). The Labute approximate surface area is 245 Å². The molecule has 43 heavy (non-hydrogen) atoms. The minimum atomic E-state index is -5.42. The molecular weight excluding hydrogens is 595 g/mol. The molecule has 1 aliphatic carbocycles. The van der Waals surface area contributed by atoms with Crippen LogP contribution in [0.3, 0.4) is 0 Å². The number of sulfonamides is 1. The summed E-state index contributed by atoms with van der Waals surface area (Å²) in [4.78, 5) is 24.2. The molecule has 0 bridgehead atoms. The van der Waals surface area contributed by atoms with Gasteiger partial charge in [-0.1, -0.05) is 43.5 Å². The molecule has 0 saturated heterocycles. The van der Waals surface area contributed by atoms with Crippen LogP contribution in [-0.2, 0) is 21.4 Å². The van der Waals surface area contributed by atoms with Crippen molar-refractivity contribution in [3.8, 4) is 0 Å². The maximum absolute atomic E-state index is 14.4. The van der Waals surface area contributed by atoms with Gasteiger partial charge in [-0.3, -0.25) is 4.79 Å². The lowest BCUT2D eigenvalue weighted by molar-refractivity contribution is -0.121. The molecule has 0 heterocycles. The van der Waals surface area contributed by atoms with Crippen molar-refractivity contribution in [1.29, 1.82) is 0 Å². The van der Waals surface area contributed by atoms with E-state index in [0.717, 1.165) is 50.1 Å². The normalized spacial score (nSPS) is 15.0. The van der Waals surface area contributed by atoms with Gasteiger partial charge in [-0.15, -0.1) is 0 Å². The maximum atomic E-state index is 14.4. The van der Waals surface area contributed by atoms with Gasteiger partial charge in [-0.25, -0.2) is 35.2 Å². The minimum absolute atomic E-state index is 0.0768. The third-order valence-electron chi connectivity index (χ3n) is 7.80. The SMILES string of the molecule is C[C@H](C(=O)N(Cc1ccc(C2CCCCC2)cc1)c1ccc(C(=O)O)cc1)N(C)S(=O)(=O)c1c(F)c(F)c(F)c(F)c1F. The number of amides is 1. The Hall–Kier alpha value is -3.84. The van der Waals surface area contributed by atoms with Crippen LogP contribution < -0.4 is 4.90 Å². The number of carboxylic acid groups (broad SMARTS) is 1. The summed E-state index contributed by atoms with van der Waals surface area (Å²) < 4.78 is 96.5. The molecule has 7 nitrogen and oxygen atoms in total. The number of nitrogens with zero attached hydrogens (tertiary/aromatic N) is 2. The van der Waals surface area contributed by atoms with E-state index in [2.05, 4.69) is 0 Å². The molecule has 0 unspecified atom stereocenters. The molecule has 3 aromatic carbocycles. The van der Waals surface area contributed by atoms with Crippen molar-refractivity contribution in [1.82, 2.24) is 4.31 Å². The molecule has 3 aromatic rings. The average molecular weight is 625 g/mol. The van der Waals surface area contributed by atoms with E-state index in [1.807, 2.05) is 24.3 Å². The van der Waals surface area contributed by atoms with E-state index < -0.39 is 61.9 Å². The first-order chi connectivity index (χ1) is 20.2. The molecule has 1 N–H and O–H groups in total. The van der Waals surface area contributed by atoms with Gasteiger partial charge >= 0.3 is 5.97 Å². The van der Waals surface area contributed by atoms with Crippen molar-refractivity contribution in [2.24, 2.45) is 0 Å². The summed E-state index contributed by atoms with van der Waals surface area (Å²) in [7, 11) is -4.64. The second-order valence-corrected chi connectivity index (χ2v) is 12.4. The van der Waals surface area contributed by atoms with E-state index >= 15 is 0 Å². The van der Waals surface area contributed by atoms with Crippen LogP contribution in [0.25, 0.3) is 0 Å². The van der Waals surface area contributed by atoms with Gasteiger partial charge in [0.1, 0.15) is 6.04 Å². The fourth-order valence-corrected chi connectivity index (χ4v) is 6.57. The first-order valence-corrected chi connectivity index (χ1v) is 14.9. The highest BCUT2D eigenvalue weighted by molar-refractivity contribution is 7.89. The van der Waals surface area contributed by atoms with Crippen molar-refractivity contribution < 1.29 is 45.1 Å². The van der Waals surface area contributed by atoms with Crippen LogP contribution >= 0.6 is 0 Å². The maximum Gasteiger partial charge on any atom is 0.335 e. The van der Waals surface area contributed by atoms with Crippen molar-refractivity contribution >= 4 is 27.6 Å². The summed E-state index contributed by atoms with van der Waals surface area (Å²) in [5, 5.41) is 9.26. The number of anilines is 1. The van der Waals surface area contributed by atoms with Crippen molar-refractivity contribution in [3.63, 3.8) is 0 Å². The molecular formula is C30H29F5N2O5S. The lowest BCUT2D eigenvalue weighted by Gasteiger charge is -2.30. The van der Waals surface area contributed by atoms with Gasteiger partial charge in [0.05, 0.1) is 12.1 Å².